The van der Waals surface area contributed by atoms with E-state index >= 15 is 0 Å². The lowest BCUT2D eigenvalue weighted by atomic mass is 10.2. The smallest absolute Gasteiger partial charge is 0.336 e. The van der Waals surface area contributed by atoms with Gasteiger partial charge in [0.15, 0.2) is 0 Å². The number of halogens is 1. The molecule has 0 bridgehead atoms. The third kappa shape index (κ3) is 3.21. The van der Waals surface area contributed by atoms with Crippen molar-refractivity contribution in [3.8, 4) is 0 Å². The van der Waals surface area contributed by atoms with Crippen molar-refractivity contribution in [3.63, 3.8) is 0 Å². The lowest BCUT2D eigenvalue weighted by Gasteiger charge is -2.07. The summed E-state index contributed by atoms with van der Waals surface area (Å²) in [5.41, 5.74) is 1.72. The van der Waals surface area contributed by atoms with E-state index in [-0.39, 0.29) is 11.5 Å². The van der Waals surface area contributed by atoms with E-state index in [9.17, 15) is 9.59 Å². The zero-order valence-electron chi connectivity index (χ0n) is 10.6. The molecule has 0 saturated carbocycles. The summed E-state index contributed by atoms with van der Waals surface area (Å²) in [6.07, 6.45) is 1.55. The maximum absolute atomic E-state index is 12.0. The molecule has 1 amide bonds. The molecule has 1 aromatic heterocycles. The van der Waals surface area contributed by atoms with Gasteiger partial charge in [0.05, 0.1) is 5.56 Å². The minimum Gasteiger partial charge on any atom is -0.478 e. The minimum absolute atomic E-state index is 0.0914. The molecule has 20 heavy (non-hydrogen) atoms. The normalized spacial score (nSPS) is 10.1. The molecule has 1 heterocycles. The fourth-order valence-corrected chi connectivity index (χ4v) is 2.07. The van der Waals surface area contributed by atoms with Gasteiger partial charge in [-0.3, -0.25) is 9.78 Å². The Morgan fingerprint density at radius 2 is 2.00 bits per heavy atom. The van der Waals surface area contributed by atoms with Gasteiger partial charge in [0.2, 0.25) is 0 Å². The molecule has 2 N–H and O–H groups in total. The van der Waals surface area contributed by atoms with Crippen LogP contribution in [0.2, 0.25) is 0 Å². The van der Waals surface area contributed by atoms with E-state index in [0.717, 1.165) is 5.69 Å². The number of anilines is 1. The fourth-order valence-electron chi connectivity index (χ4n) is 1.66. The van der Waals surface area contributed by atoms with Gasteiger partial charge in [-0.15, -0.1) is 0 Å². The molecule has 5 nitrogen and oxygen atoms in total. The Morgan fingerprint density at radius 1 is 1.25 bits per heavy atom. The Labute approximate surface area is 123 Å². The molecule has 1 aromatic carbocycles. The lowest BCUT2D eigenvalue weighted by Crippen LogP contribution is -2.13. The van der Waals surface area contributed by atoms with Crippen LogP contribution in [-0.4, -0.2) is 22.0 Å². The van der Waals surface area contributed by atoms with Crippen molar-refractivity contribution < 1.29 is 14.7 Å². The largest absolute Gasteiger partial charge is 0.478 e. The summed E-state index contributed by atoms with van der Waals surface area (Å²) >= 11 is 3.15. The molecule has 102 valence electrons. The molecule has 0 radical (unpaired) electrons. The third-order valence-electron chi connectivity index (χ3n) is 2.61. The Hall–Kier alpha value is -2.21. The van der Waals surface area contributed by atoms with Gasteiger partial charge >= 0.3 is 5.97 Å². The molecule has 2 aromatic rings. The van der Waals surface area contributed by atoms with Crippen molar-refractivity contribution in [1.82, 2.24) is 4.98 Å². The van der Waals surface area contributed by atoms with Crippen LogP contribution in [0.3, 0.4) is 0 Å². The van der Waals surface area contributed by atoms with Gasteiger partial charge < -0.3 is 10.4 Å². The highest BCUT2D eigenvalue weighted by Crippen LogP contribution is 2.21. The number of carboxylic acids is 1. The predicted molar refractivity (Wildman–Crippen MR) is 78.0 cm³/mol. The highest BCUT2D eigenvalue weighted by Gasteiger charge is 2.11. The number of aromatic carboxylic acids is 1. The van der Waals surface area contributed by atoms with Crippen molar-refractivity contribution in [3.05, 3.63) is 57.8 Å². The maximum Gasteiger partial charge on any atom is 0.336 e. The van der Waals surface area contributed by atoms with Crippen LogP contribution in [0.5, 0.6) is 0 Å². The number of hydrogen-bond donors (Lipinski definition) is 2. The highest BCUT2D eigenvalue weighted by atomic mass is 79.9. The van der Waals surface area contributed by atoms with Gasteiger partial charge in [-0.05, 0) is 53.2 Å². The monoisotopic (exact) mass is 334 g/mol. The second kappa shape index (κ2) is 5.83. The topological polar surface area (TPSA) is 79.3 Å². The number of carbonyl (C=O) groups excluding carboxylic acids is 1. The van der Waals surface area contributed by atoms with E-state index in [1.165, 1.54) is 6.07 Å². The van der Waals surface area contributed by atoms with Crippen LogP contribution >= 0.6 is 15.9 Å². The van der Waals surface area contributed by atoms with Gasteiger partial charge in [-0.25, -0.2) is 4.79 Å². The molecule has 0 spiro atoms. The van der Waals surface area contributed by atoms with Crippen molar-refractivity contribution in [2.45, 2.75) is 6.92 Å². The standard InChI is InChI=1S/C14H11BrN2O3/c1-8-6-9(4-5-16-8)13(18)17-10-2-3-12(15)11(7-10)14(19)20/h2-7H,1H3,(H,17,18)(H,19,20). The summed E-state index contributed by atoms with van der Waals surface area (Å²) in [5, 5.41) is 11.7. The molecule has 0 unspecified atom stereocenters. The Balaban J connectivity index is 2.24. The van der Waals surface area contributed by atoms with Gasteiger partial charge in [-0.1, -0.05) is 0 Å². The van der Waals surface area contributed by atoms with E-state index in [4.69, 9.17) is 5.11 Å². The first-order valence-electron chi connectivity index (χ1n) is 5.74. The average Bonchev–Trinajstić information content (AvgIpc) is 2.40. The molecule has 6 heteroatoms. The number of aryl methyl sites for hydroxylation is 1. The van der Waals surface area contributed by atoms with E-state index in [0.29, 0.717) is 15.7 Å². The molecule has 0 fully saturated rings. The molecular formula is C14H11BrN2O3. The van der Waals surface area contributed by atoms with Crippen molar-refractivity contribution >= 4 is 33.5 Å². The van der Waals surface area contributed by atoms with E-state index in [1.807, 2.05) is 0 Å². The fraction of sp³-hybridized carbons (Fsp3) is 0.0714. The number of rotatable bonds is 3. The first kappa shape index (κ1) is 14.2. The quantitative estimate of drug-likeness (QED) is 0.903. The number of aromatic nitrogens is 1. The summed E-state index contributed by atoms with van der Waals surface area (Å²) < 4.78 is 0.461. The number of carboxylic acid groups (broad SMARTS) is 1. The summed E-state index contributed by atoms with van der Waals surface area (Å²) in [5.74, 6) is -1.37. The third-order valence-corrected chi connectivity index (χ3v) is 3.30. The van der Waals surface area contributed by atoms with Crippen LogP contribution in [0.4, 0.5) is 5.69 Å². The SMILES string of the molecule is Cc1cc(C(=O)Nc2ccc(Br)c(C(=O)O)c2)ccn1. The number of hydrogen-bond acceptors (Lipinski definition) is 3. The van der Waals surface area contributed by atoms with Gasteiger partial charge in [-0.2, -0.15) is 0 Å². The zero-order chi connectivity index (χ0) is 14.7. The molecule has 0 aliphatic carbocycles. The number of carbonyl (C=O) groups is 2. The molecule has 0 saturated heterocycles. The molecular weight excluding hydrogens is 324 g/mol. The minimum atomic E-state index is -1.06. The summed E-state index contributed by atoms with van der Waals surface area (Å²) in [7, 11) is 0. The number of amides is 1. The van der Waals surface area contributed by atoms with Crippen molar-refractivity contribution in [2.24, 2.45) is 0 Å². The second-order valence-electron chi connectivity index (χ2n) is 4.14. The van der Waals surface area contributed by atoms with Crippen LogP contribution in [0.25, 0.3) is 0 Å². The van der Waals surface area contributed by atoms with Gasteiger partial charge in [0, 0.05) is 27.6 Å². The average molecular weight is 335 g/mol. The molecule has 2 rings (SSSR count). The lowest BCUT2D eigenvalue weighted by molar-refractivity contribution is 0.0695. The van der Waals surface area contributed by atoms with Crippen LogP contribution in [0, 0.1) is 6.92 Å². The summed E-state index contributed by atoms with van der Waals surface area (Å²) in [6.45, 7) is 1.79. The summed E-state index contributed by atoms with van der Waals surface area (Å²) in [4.78, 5) is 27.1. The Morgan fingerprint density at radius 3 is 2.65 bits per heavy atom. The van der Waals surface area contributed by atoms with Crippen molar-refractivity contribution in [1.29, 1.82) is 0 Å². The zero-order valence-corrected chi connectivity index (χ0v) is 12.1. The van der Waals surface area contributed by atoms with Gasteiger partial charge in [0.1, 0.15) is 0 Å². The number of nitrogens with one attached hydrogen (secondary N) is 1. The van der Waals surface area contributed by atoms with E-state index in [2.05, 4.69) is 26.2 Å². The first-order valence-corrected chi connectivity index (χ1v) is 6.53. The van der Waals surface area contributed by atoms with Crippen LogP contribution < -0.4 is 5.32 Å². The molecule has 0 aliphatic heterocycles. The first-order chi connectivity index (χ1) is 9.47. The molecule has 0 atom stereocenters. The van der Waals surface area contributed by atoms with E-state index < -0.39 is 5.97 Å². The Bertz CT molecular complexity index is 686. The molecule has 0 aliphatic rings. The predicted octanol–water partition coefficient (Wildman–Crippen LogP) is 3.10. The second-order valence-corrected chi connectivity index (χ2v) is 4.99. The van der Waals surface area contributed by atoms with Crippen LogP contribution in [0.15, 0.2) is 41.0 Å². The summed E-state index contributed by atoms with van der Waals surface area (Å²) in [6, 6.07) is 7.86. The van der Waals surface area contributed by atoms with Gasteiger partial charge in [0.25, 0.3) is 5.91 Å². The highest BCUT2D eigenvalue weighted by molar-refractivity contribution is 9.10. The number of pyridine rings is 1. The number of nitrogens with zero attached hydrogens (tertiary/aromatic N) is 1. The van der Waals surface area contributed by atoms with E-state index in [1.54, 1.807) is 37.4 Å². The van der Waals surface area contributed by atoms with Crippen molar-refractivity contribution in [2.75, 3.05) is 5.32 Å². The number of benzene rings is 1. The van der Waals surface area contributed by atoms with Crippen LogP contribution in [-0.2, 0) is 0 Å². The Kier molecular flexibility index (Phi) is 4.14. The van der Waals surface area contributed by atoms with Crippen LogP contribution in [0.1, 0.15) is 26.4 Å². The maximum atomic E-state index is 12.0.